The van der Waals surface area contributed by atoms with Gasteiger partial charge in [-0.25, -0.2) is 0 Å². The molecule has 3 nitrogen and oxygen atoms in total. The molecule has 4 rings (SSSR count). The zero-order chi connectivity index (χ0) is 16.8. The molecule has 0 fully saturated rings. The van der Waals surface area contributed by atoms with E-state index in [1.54, 1.807) is 0 Å². The summed E-state index contributed by atoms with van der Waals surface area (Å²) in [7, 11) is 0. The van der Waals surface area contributed by atoms with Gasteiger partial charge in [-0.1, -0.05) is 35.9 Å². The monoisotopic (exact) mass is 316 g/mol. The second-order valence-corrected chi connectivity index (χ2v) is 6.65. The molecule has 3 heteroatoms. The van der Waals surface area contributed by atoms with Gasteiger partial charge in [0.1, 0.15) is 0 Å². The maximum Gasteiger partial charge on any atom is 0.255 e. The molecule has 1 aliphatic rings. The first-order chi connectivity index (χ1) is 11.5. The van der Waals surface area contributed by atoms with Crippen molar-refractivity contribution in [2.75, 3.05) is 0 Å². The minimum Gasteiger partial charge on any atom is -0.330 e. The Labute approximate surface area is 141 Å². The van der Waals surface area contributed by atoms with Crippen LogP contribution in [0.15, 0.2) is 42.5 Å². The summed E-state index contributed by atoms with van der Waals surface area (Å²) >= 11 is 0. The highest BCUT2D eigenvalue weighted by Gasteiger charge is 2.27. The fourth-order valence-electron chi connectivity index (χ4n) is 3.51. The summed E-state index contributed by atoms with van der Waals surface area (Å²) in [4.78, 5) is 19.9. The number of hydrogen-bond acceptors (Lipinski definition) is 2. The largest absolute Gasteiger partial charge is 0.330 e. The predicted octanol–water partition coefficient (Wildman–Crippen LogP) is 4.32. The quantitative estimate of drug-likeness (QED) is 0.670. The molecule has 120 valence electrons. The third-order valence-electron chi connectivity index (χ3n) is 4.97. The molecule has 0 N–H and O–H groups in total. The zero-order valence-electron chi connectivity index (χ0n) is 14.3. The van der Waals surface area contributed by atoms with Gasteiger partial charge in [0.05, 0.1) is 11.1 Å². The summed E-state index contributed by atoms with van der Waals surface area (Å²) in [5, 5.41) is 0.957. The van der Waals surface area contributed by atoms with Crippen LogP contribution in [0.25, 0.3) is 10.9 Å². The summed E-state index contributed by atoms with van der Waals surface area (Å²) in [6.07, 6.45) is 0. The number of amides is 1. The predicted molar refractivity (Wildman–Crippen MR) is 96.0 cm³/mol. The van der Waals surface area contributed by atoms with E-state index in [0.29, 0.717) is 13.1 Å². The molecule has 0 spiro atoms. The zero-order valence-corrected chi connectivity index (χ0v) is 14.3. The third kappa shape index (κ3) is 2.28. The number of nitrogens with zero attached hydrogens (tertiary/aromatic N) is 2. The lowest BCUT2D eigenvalue weighted by atomic mass is 9.99. The molecule has 0 atom stereocenters. The molecule has 1 aromatic heterocycles. The van der Waals surface area contributed by atoms with Gasteiger partial charge in [-0.2, -0.15) is 0 Å². The number of carbonyl (C=O) groups excluding carboxylic acids is 1. The highest BCUT2D eigenvalue weighted by molar-refractivity contribution is 6.07. The van der Waals surface area contributed by atoms with Crippen LogP contribution in [0, 0.1) is 20.8 Å². The van der Waals surface area contributed by atoms with Crippen LogP contribution in [0.2, 0.25) is 0 Å². The molecule has 0 radical (unpaired) electrons. The number of aryl methyl sites for hydroxylation is 2. The number of hydrogen-bond donors (Lipinski definition) is 0. The fraction of sp³-hybridized carbons (Fsp3) is 0.238. The van der Waals surface area contributed by atoms with Crippen molar-refractivity contribution in [3.63, 3.8) is 0 Å². The van der Waals surface area contributed by atoms with Crippen LogP contribution in [0.3, 0.4) is 0 Å². The topological polar surface area (TPSA) is 33.2 Å². The van der Waals surface area contributed by atoms with Crippen molar-refractivity contribution >= 4 is 16.8 Å². The van der Waals surface area contributed by atoms with Crippen molar-refractivity contribution in [3.8, 4) is 0 Å². The Hall–Kier alpha value is -2.68. The Morgan fingerprint density at radius 3 is 2.33 bits per heavy atom. The van der Waals surface area contributed by atoms with Crippen LogP contribution < -0.4 is 0 Å². The molecular formula is C21H20N2O. The molecule has 24 heavy (non-hydrogen) atoms. The van der Waals surface area contributed by atoms with Crippen molar-refractivity contribution in [1.29, 1.82) is 0 Å². The molecule has 0 bridgehead atoms. The molecule has 0 saturated carbocycles. The normalized spacial score (nSPS) is 13.4. The van der Waals surface area contributed by atoms with Crippen molar-refractivity contribution in [2.24, 2.45) is 0 Å². The first-order valence-electron chi connectivity index (χ1n) is 8.28. The lowest BCUT2D eigenvalue weighted by molar-refractivity contribution is 0.0752. The molecule has 2 aromatic carbocycles. The van der Waals surface area contributed by atoms with Crippen molar-refractivity contribution < 1.29 is 4.79 Å². The summed E-state index contributed by atoms with van der Waals surface area (Å²) in [5.41, 5.74) is 7.23. The Kier molecular flexibility index (Phi) is 3.38. The van der Waals surface area contributed by atoms with E-state index < -0.39 is 0 Å². The third-order valence-corrected chi connectivity index (χ3v) is 4.97. The minimum atomic E-state index is 0.102. The summed E-state index contributed by atoms with van der Waals surface area (Å²) in [5.74, 6) is 0.102. The highest BCUT2D eigenvalue weighted by atomic mass is 16.2. The minimum absolute atomic E-state index is 0.102. The van der Waals surface area contributed by atoms with Gasteiger partial charge in [-0.05, 0) is 49.6 Å². The molecule has 0 unspecified atom stereocenters. The van der Waals surface area contributed by atoms with E-state index in [4.69, 9.17) is 0 Å². The van der Waals surface area contributed by atoms with Crippen molar-refractivity contribution in [1.82, 2.24) is 9.88 Å². The molecular weight excluding hydrogens is 296 g/mol. The van der Waals surface area contributed by atoms with E-state index >= 15 is 0 Å². The molecule has 2 heterocycles. The fourth-order valence-corrected chi connectivity index (χ4v) is 3.51. The standard InChI is InChI=1S/C21H20N2O/c1-13-8-9-19-18(10-13)20(14(2)15(3)22-19)21(24)23-11-16-6-4-5-7-17(16)12-23/h4-10H,11-12H2,1-3H3. The number of pyridine rings is 1. The molecule has 0 saturated heterocycles. The Bertz CT molecular complexity index is 950. The van der Waals surface area contributed by atoms with Crippen LogP contribution >= 0.6 is 0 Å². The van der Waals surface area contributed by atoms with Crippen LogP contribution in [0.1, 0.15) is 38.3 Å². The Morgan fingerprint density at radius 2 is 1.67 bits per heavy atom. The van der Waals surface area contributed by atoms with Crippen LogP contribution in [0.4, 0.5) is 0 Å². The van der Waals surface area contributed by atoms with Crippen LogP contribution in [-0.4, -0.2) is 15.8 Å². The summed E-state index contributed by atoms with van der Waals surface area (Å²) < 4.78 is 0. The van der Waals surface area contributed by atoms with Gasteiger partial charge in [-0.15, -0.1) is 0 Å². The summed E-state index contributed by atoms with van der Waals surface area (Å²) in [6.45, 7) is 7.39. The van der Waals surface area contributed by atoms with Crippen LogP contribution in [0.5, 0.6) is 0 Å². The first kappa shape index (κ1) is 14.9. The second kappa shape index (κ2) is 5.45. The van der Waals surface area contributed by atoms with Gasteiger partial charge in [-0.3, -0.25) is 9.78 Å². The maximum atomic E-state index is 13.3. The van der Waals surface area contributed by atoms with Crippen molar-refractivity contribution in [2.45, 2.75) is 33.9 Å². The van der Waals surface area contributed by atoms with E-state index in [0.717, 1.165) is 33.3 Å². The SMILES string of the molecule is Cc1ccc2nc(C)c(C)c(C(=O)N3Cc4ccccc4C3)c2c1. The van der Waals surface area contributed by atoms with Gasteiger partial charge >= 0.3 is 0 Å². The van der Waals surface area contributed by atoms with E-state index in [1.807, 2.05) is 43.0 Å². The lowest BCUT2D eigenvalue weighted by Crippen LogP contribution is -2.26. The Morgan fingerprint density at radius 1 is 1.00 bits per heavy atom. The maximum absolute atomic E-state index is 13.3. The van der Waals surface area contributed by atoms with Gasteiger partial charge in [0.2, 0.25) is 0 Å². The van der Waals surface area contributed by atoms with E-state index in [2.05, 4.69) is 30.1 Å². The number of fused-ring (bicyclic) bond motifs is 2. The first-order valence-corrected chi connectivity index (χ1v) is 8.28. The van der Waals surface area contributed by atoms with Crippen LogP contribution in [-0.2, 0) is 13.1 Å². The average Bonchev–Trinajstić information content (AvgIpc) is 3.00. The highest BCUT2D eigenvalue weighted by Crippen LogP contribution is 2.29. The average molecular weight is 316 g/mol. The molecule has 0 aliphatic carbocycles. The van der Waals surface area contributed by atoms with Gasteiger partial charge < -0.3 is 4.90 Å². The van der Waals surface area contributed by atoms with Crippen molar-refractivity contribution in [3.05, 3.63) is 76.0 Å². The molecule has 1 aliphatic heterocycles. The second-order valence-electron chi connectivity index (χ2n) is 6.65. The van der Waals surface area contributed by atoms with Gasteiger partial charge in [0.15, 0.2) is 0 Å². The smallest absolute Gasteiger partial charge is 0.255 e. The van der Waals surface area contributed by atoms with E-state index in [-0.39, 0.29) is 5.91 Å². The number of rotatable bonds is 1. The molecule has 3 aromatic rings. The Balaban J connectivity index is 1.83. The number of benzene rings is 2. The van der Waals surface area contributed by atoms with Gasteiger partial charge in [0.25, 0.3) is 5.91 Å². The number of carbonyl (C=O) groups is 1. The van der Waals surface area contributed by atoms with E-state index in [9.17, 15) is 4.79 Å². The number of aromatic nitrogens is 1. The lowest BCUT2D eigenvalue weighted by Gasteiger charge is -2.19. The van der Waals surface area contributed by atoms with E-state index in [1.165, 1.54) is 11.1 Å². The van der Waals surface area contributed by atoms with Gasteiger partial charge in [0, 0.05) is 24.2 Å². The summed E-state index contributed by atoms with van der Waals surface area (Å²) in [6, 6.07) is 14.4. The molecule has 1 amide bonds.